The second-order valence-electron chi connectivity index (χ2n) is 9.84. The Hall–Kier alpha value is -3.81. The second-order valence-corrected chi connectivity index (χ2v) is 9.84. The van der Waals surface area contributed by atoms with Crippen LogP contribution in [0.15, 0.2) is 58.2 Å². The number of aromatic nitrogens is 1. The molecule has 36 heavy (non-hydrogen) atoms. The number of anilines is 1. The molecule has 4 rings (SSSR count). The average molecular weight is 491 g/mol. The van der Waals surface area contributed by atoms with Gasteiger partial charge in [0.25, 0.3) is 11.8 Å². The Balaban J connectivity index is 1.53. The third-order valence-corrected chi connectivity index (χ3v) is 6.39. The van der Waals surface area contributed by atoms with Crippen LogP contribution in [0.2, 0.25) is 0 Å². The number of nitrogens with one attached hydrogen (secondary N) is 1. The van der Waals surface area contributed by atoms with E-state index in [-0.39, 0.29) is 29.5 Å². The van der Waals surface area contributed by atoms with E-state index < -0.39 is 11.3 Å². The fourth-order valence-electron chi connectivity index (χ4n) is 4.63. The molecule has 2 aromatic heterocycles. The van der Waals surface area contributed by atoms with Gasteiger partial charge in [-0.25, -0.2) is 0 Å². The highest BCUT2D eigenvalue weighted by Gasteiger charge is 2.27. The van der Waals surface area contributed by atoms with Crippen molar-refractivity contribution in [1.82, 2.24) is 14.8 Å². The average Bonchev–Trinajstić information content (AvgIpc) is 3.37. The van der Waals surface area contributed by atoms with Crippen LogP contribution in [0.25, 0.3) is 0 Å². The maximum atomic E-state index is 13.5. The molecule has 3 aromatic rings. The molecule has 190 valence electrons. The molecule has 2 amide bonds. The van der Waals surface area contributed by atoms with Crippen LogP contribution < -0.4 is 15.6 Å². The number of pyridine rings is 1. The van der Waals surface area contributed by atoms with E-state index in [1.807, 2.05) is 13.8 Å². The van der Waals surface area contributed by atoms with E-state index in [9.17, 15) is 14.4 Å². The summed E-state index contributed by atoms with van der Waals surface area (Å²) in [7, 11) is 0. The lowest BCUT2D eigenvalue weighted by molar-refractivity contribution is 0.0744. The van der Waals surface area contributed by atoms with Crippen molar-refractivity contribution in [3.63, 3.8) is 0 Å². The highest BCUT2D eigenvalue weighted by molar-refractivity contribution is 5.99. The minimum Gasteiger partial charge on any atom is -0.467 e. The van der Waals surface area contributed by atoms with Crippen LogP contribution in [-0.4, -0.2) is 47.5 Å². The lowest BCUT2D eigenvalue weighted by Crippen LogP contribution is -2.50. The number of aryl methyl sites for hydroxylation is 2. The normalized spacial score (nSPS) is 13.8. The van der Waals surface area contributed by atoms with Gasteiger partial charge < -0.3 is 24.1 Å². The SMILES string of the molecule is Cc1ccc(N2CCN(C(=O)c3cn(CC(C)C)cc(C(=O)NCc4ccco4)c3=O)CC2)c(C)c1. The number of furan rings is 1. The van der Waals surface area contributed by atoms with Gasteiger partial charge in [-0.15, -0.1) is 0 Å². The summed E-state index contributed by atoms with van der Waals surface area (Å²) in [6.07, 6.45) is 4.65. The van der Waals surface area contributed by atoms with Gasteiger partial charge in [0.1, 0.15) is 16.9 Å². The molecule has 8 nitrogen and oxygen atoms in total. The lowest BCUT2D eigenvalue weighted by atomic mass is 10.1. The van der Waals surface area contributed by atoms with Gasteiger partial charge in [-0.05, 0) is 43.5 Å². The third-order valence-electron chi connectivity index (χ3n) is 6.39. The van der Waals surface area contributed by atoms with E-state index in [0.29, 0.717) is 38.5 Å². The maximum Gasteiger partial charge on any atom is 0.259 e. The number of nitrogens with zero attached hydrogens (tertiary/aromatic N) is 3. The molecule has 1 N–H and O–H groups in total. The first-order valence-electron chi connectivity index (χ1n) is 12.4. The summed E-state index contributed by atoms with van der Waals surface area (Å²) in [5.74, 6) is -0.00256. The number of hydrogen-bond acceptors (Lipinski definition) is 5. The molecule has 1 fully saturated rings. The highest BCUT2D eigenvalue weighted by atomic mass is 16.3. The molecule has 1 aliphatic rings. The fraction of sp³-hybridized carbons (Fsp3) is 0.393. The molecule has 1 aromatic carbocycles. The number of carbonyl (C=O) groups is 2. The van der Waals surface area contributed by atoms with E-state index in [4.69, 9.17) is 4.42 Å². The monoisotopic (exact) mass is 490 g/mol. The van der Waals surface area contributed by atoms with E-state index in [2.05, 4.69) is 42.3 Å². The largest absolute Gasteiger partial charge is 0.467 e. The molecule has 0 aliphatic carbocycles. The Kier molecular flexibility index (Phi) is 7.62. The molecule has 1 aliphatic heterocycles. The van der Waals surface area contributed by atoms with Gasteiger partial charge in [0.2, 0.25) is 5.43 Å². The summed E-state index contributed by atoms with van der Waals surface area (Å²) in [6.45, 7) is 11.4. The van der Waals surface area contributed by atoms with Crippen molar-refractivity contribution in [3.05, 3.63) is 87.2 Å². The van der Waals surface area contributed by atoms with Crippen LogP contribution >= 0.6 is 0 Å². The van der Waals surface area contributed by atoms with Crippen LogP contribution in [0.3, 0.4) is 0 Å². The number of benzene rings is 1. The molecule has 0 saturated carbocycles. The fourth-order valence-corrected chi connectivity index (χ4v) is 4.63. The molecule has 8 heteroatoms. The first-order chi connectivity index (χ1) is 17.2. The van der Waals surface area contributed by atoms with Crippen molar-refractivity contribution in [3.8, 4) is 0 Å². The van der Waals surface area contributed by atoms with Gasteiger partial charge in [0.05, 0.1) is 12.8 Å². The van der Waals surface area contributed by atoms with E-state index in [0.717, 1.165) is 0 Å². The molecule has 0 bridgehead atoms. The standard InChI is InChI=1S/C28H34N4O4/c1-19(2)16-30-17-23(27(34)29-15-22-6-5-13-36-22)26(33)24(18-30)28(35)32-11-9-31(10-12-32)25-8-7-20(3)14-21(25)4/h5-8,13-14,17-19H,9-12,15-16H2,1-4H3,(H,29,34). The summed E-state index contributed by atoms with van der Waals surface area (Å²) in [6, 6.07) is 9.86. The minimum atomic E-state index is -0.547. The number of carbonyl (C=O) groups excluding carboxylic acids is 2. The van der Waals surface area contributed by atoms with Crippen LogP contribution in [0, 0.1) is 19.8 Å². The van der Waals surface area contributed by atoms with Gasteiger partial charge in [-0.3, -0.25) is 14.4 Å². The number of piperazine rings is 1. The summed E-state index contributed by atoms with van der Waals surface area (Å²) in [5, 5.41) is 2.72. The van der Waals surface area contributed by atoms with E-state index in [1.165, 1.54) is 29.3 Å². The summed E-state index contributed by atoms with van der Waals surface area (Å²) in [4.78, 5) is 43.7. The number of amides is 2. The Morgan fingerprint density at radius 1 is 1.03 bits per heavy atom. The second kappa shape index (κ2) is 10.8. The number of rotatable bonds is 7. The summed E-state index contributed by atoms with van der Waals surface area (Å²) in [5.41, 5.74) is 3.04. The molecule has 0 atom stereocenters. The summed E-state index contributed by atoms with van der Waals surface area (Å²) >= 11 is 0. The van der Waals surface area contributed by atoms with Gasteiger partial charge in [-0.1, -0.05) is 31.5 Å². The van der Waals surface area contributed by atoms with Gasteiger partial charge >= 0.3 is 0 Å². The highest BCUT2D eigenvalue weighted by Crippen LogP contribution is 2.23. The van der Waals surface area contributed by atoms with E-state index in [1.54, 1.807) is 27.8 Å². The smallest absolute Gasteiger partial charge is 0.259 e. The van der Waals surface area contributed by atoms with Gasteiger partial charge in [-0.2, -0.15) is 0 Å². The Morgan fingerprint density at radius 3 is 2.39 bits per heavy atom. The molecular weight excluding hydrogens is 456 g/mol. The van der Waals surface area contributed by atoms with Crippen molar-refractivity contribution in [2.24, 2.45) is 5.92 Å². The van der Waals surface area contributed by atoms with Crippen molar-refractivity contribution in [1.29, 1.82) is 0 Å². The Labute approximate surface area is 211 Å². The van der Waals surface area contributed by atoms with E-state index >= 15 is 0 Å². The third kappa shape index (κ3) is 5.70. The van der Waals surface area contributed by atoms with Crippen molar-refractivity contribution < 1.29 is 14.0 Å². The quantitative estimate of drug-likeness (QED) is 0.547. The lowest BCUT2D eigenvalue weighted by Gasteiger charge is -2.37. The van der Waals surface area contributed by atoms with Crippen LogP contribution in [0.1, 0.15) is 51.5 Å². The van der Waals surface area contributed by atoms with Crippen LogP contribution in [-0.2, 0) is 13.1 Å². The summed E-state index contributed by atoms with van der Waals surface area (Å²) < 4.78 is 7.03. The van der Waals surface area contributed by atoms with Crippen molar-refractivity contribution in [2.75, 3.05) is 31.1 Å². The number of hydrogen-bond donors (Lipinski definition) is 1. The van der Waals surface area contributed by atoms with Gasteiger partial charge in [0, 0.05) is 50.8 Å². The molecule has 0 spiro atoms. The maximum absolute atomic E-state index is 13.5. The zero-order valence-electron chi connectivity index (χ0n) is 21.4. The van der Waals surface area contributed by atoms with Crippen LogP contribution in [0.5, 0.6) is 0 Å². The minimum absolute atomic E-state index is 0.0289. The first kappa shape index (κ1) is 25.3. The molecule has 3 heterocycles. The molecular formula is C28H34N4O4. The van der Waals surface area contributed by atoms with Crippen molar-refractivity contribution in [2.45, 2.75) is 40.8 Å². The van der Waals surface area contributed by atoms with Crippen LogP contribution in [0.4, 0.5) is 5.69 Å². The Morgan fingerprint density at radius 2 is 1.75 bits per heavy atom. The molecule has 1 saturated heterocycles. The zero-order chi connectivity index (χ0) is 25.8. The first-order valence-corrected chi connectivity index (χ1v) is 12.4. The molecule has 0 unspecified atom stereocenters. The van der Waals surface area contributed by atoms with Crippen molar-refractivity contribution >= 4 is 17.5 Å². The topological polar surface area (TPSA) is 87.8 Å². The van der Waals surface area contributed by atoms with Gasteiger partial charge in [0.15, 0.2) is 0 Å². The molecule has 0 radical (unpaired) electrons. The predicted octanol–water partition coefficient (Wildman–Crippen LogP) is 3.61. The zero-order valence-corrected chi connectivity index (χ0v) is 21.4. The Bertz CT molecular complexity index is 1290. The predicted molar refractivity (Wildman–Crippen MR) is 139 cm³/mol.